The highest BCUT2D eigenvalue weighted by Crippen LogP contribution is 2.25. The smallest absolute Gasteiger partial charge is 0.244 e. The zero-order chi connectivity index (χ0) is 19.5. The lowest BCUT2D eigenvalue weighted by atomic mass is 10.4. The van der Waals surface area contributed by atoms with Crippen molar-refractivity contribution in [3.63, 3.8) is 0 Å². The molecule has 0 spiro atoms. The van der Waals surface area contributed by atoms with Gasteiger partial charge in [-0.2, -0.15) is 4.31 Å². The molecule has 0 fully saturated rings. The number of sulfone groups is 1. The van der Waals surface area contributed by atoms with Crippen molar-refractivity contribution in [2.45, 2.75) is 23.3 Å². The van der Waals surface area contributed by atoms with E-state index < -0.39 is 19.9 Å². The van der Waals surface area contributed by atoms with Crippen LogP contribution in [0.15, 0.2) is 50.6 Å². The Morgan fingerprint density at radius 2 is 1.54 bits per heavy atom. The molecule has 0 aliphatic heterocycles. The first kappa shape index (κ1) is 20.6. The minimum atomic E-state index is -4.03. The van der Waals surface area contributed by atoms with Gasteiger partial charge in [-0.05, 0) is 45.3 Å². The summed E-state index contributed by atoms with van der Waals surface area (Å²) in [5, 5.41) is 0. The molecule has 2 aromatic rings. The van der Waals surface area contributed by atoms with E-state index in [9.17, 15) is 16.8 Å². The number of likely N-dealkylation sites (N-methyl/N-ethyl adjacent to an activating group) is 1. The molecule has 0 aliphatic carbocycles. The van der Waals surface area contributed by atoms with Crippen LogP contribution in [-0.2, 0) is 26.4 Å². The van der Waals surface area contributed by atoms with Crippen molar-refractivity contribution in [1.29, 1.82) is 0 Å². The minimum Gasteiger partial charge on any atom is -0.465 e. The Hall–Kier alpha value is -1.68. The Labute approximate surface area is 155 Å². The molecule has 0 saturated carbocycles. The molecule has 0 aliphatic rings. The number of rotatable bonds is 8. The molecule has 0 bridgehead atoms. The lowest BCUT2D eigenvalue weighted by Gasteiger charge is -2.24. The second-order valence-electron chi connectivity index (χ2n) is 6.37. The van der Waals surface area contributed by atoms with Crippen LogP contribution in [0.5, 0.6) is 0 Å². The van der Waals surface area contributed by atoms with Crippen LogP contribution in [0.2, 0.25) is 0 Å². The number of hydrogen-bond donors (Lipinski definition) is 0. The molecule has 0 amide bonds. The van der Waals surface area contributed by atoms with Crippen molar-refractivity contribution < 1.29 is 21.3 Å². The Morgan fingerprint density at radius 3 is 2.04 bits per heavy atom. The second kappa shape index (κ2) is 7.91. The van der Waals surface area contributed by atoms with Gasteiger partial charge in [-0.3, -0.25) is 0 Å². The van der Waals surface area contributed by atoms with Gasteiger partial charge in [0.2, 0.25) is 10.0 Å². The monoisotopic (exact) mass is 400 g/mol. The highest BCUT2D eigenvalue weighted by Gasteiger charge is 2.30. The summed E-state index contributed by atoms with van der Waals surface area (Å²) in [6, 6.07) is 9.13. The molecule has 0 saturated heterocycles. The minimum absolute atomic E-state index is 0.0299. The molecular formula is C17H24N2O5S2. The van der Waals surface area contributed by atoms with Gasteiger partial charge in [-0.25, -0.2) is 16.8 Å². The highest BCUT2D eigenvalue weighted by atomic mass is 32.2. The fourth-order valence-electron chi connectivity index (χ4n) is 2.45. The Bertz CT molecular complexity index is 963. The van der Waals surface area contributed by atoms with Gasteiger partial charge in [-0.1, -0.05) is 12.1 Å². The Balaban J connectivity index is 2.48. The summed E-state index contributed by atoms with van der Waals surface area (Å²) in [5.41, 5.74) is 0. The van der Waals surface area contributed by atoms with E-state index in [-0.39, 0.29) is 22.9 Å². The van der Waals surface area contributed by atoms with Crippen LogP contribution >= 0.6 is 0 Å². The van der Waals surface area contributed by atoms with Crippen molar-refractivity contribution in [2.75, 3.05) is 33.4 Å². The predicted molar refractivity (Wildman–Crippen MR) is 99.1 cm³/mol. The summed E-state index contributed by atoms with van der Waals surface area (Å²) in [4.78, 5) is 1.44. The molecule has 0 atom stereocenters. The van der Waals surface area contributed by atoms with Crippen molar-refractivity contribution in [3.05, 3.63) is 47.9 Å². The molecule has 26 heavy (non-hydrogen) atoms. The van der Waals surface area contributed by atoms with Crippen molar-refractivity contribution in [3.8, 4) is 0 Å². The van der Waals surface area contributed by atoms with E-state index in [0.717, 1.165) is 6.26 Å². The quantitative estimate of drug-likeness (QED) is 0.671. The summed E-state index contributed by atoms with van der Waals surface area (Å²) in [6.45, 7) is 2.50. The molecule has 144 valence electrons. The van der Waals surface area contributed by atoms with E-state index in [0.29, 0.717) is 18.1 Å². The highest BCUT2D eigenvalue weighted by molar-refractivity contribution is 7.93. The molecule has 0 unspecified atom stereocenters. The van der Waals surface area contributed by atoms with Gasteiger partial charge >= 0.3 is 0 Å². The lowest BCUT2D eigenvalue weighted by Crippen LogP contribution is -2.36. The molecule has 1 aromatic carbocycles. The lowest BCUT2D eigenvalue weighted by molar-refractivity contribution is 0.309. The molecule has 0 radical (unpaired) electrons. The van der Waals surface area contributed by atoms with Crippen LogP contribution < -0.4 is 0 Å². The third-order valence-electron chi connectivity index (χ3n) is 3.79. The van der Waals surface area contributed by atoms with E-state index >= 15 is 0 Å². The van der Waals surface area contributed by atoms with Gasteiger partial charge in [0.05, 0.1) is 11.4 Å². The van der Waals surface area contributed by atoms with Gasteiger partial charge in [0.1, 0.15) is 16.4 Å². The van der Waals surface area contributed by atoms with E-state index in [2.05, 4.69) is 0 Å². The SMILES string of the molecule is Cc1ccc(CN(CCN(C)C)S(=O)(=O)c2ccccc2S(C)(=O)=O)o1. The number of furan rings is 1. The molecule has 1 heterocycles. The summed E-state index contributed by atoms with van der Waals surface area (Å²) < 4.78 is 57.3. The maximum atomic E-state index is 13.2. The van der Waals surface area contributed by atoms with Gasteiger partial charge in [0.15, 0.2) is 9.84 Å². The molecular weight excluding hydrogens is 376 g/mol. The Kier molecular flexibility index (Phi) is 6.28. The van der Waals surface area contributed by atoms with E-state index in [1.54, 1.807) is 19.1 Å². The first-order valence-electron chi connectivity index (χ1n) is 8.01. The van der Waals surface area contributed by atoms with Crippen LogP contribution in [0.4, 0.5) is 0 Å². The number of nitrogens with zero attached hydrogens (tertiary/aromatic N) is 2. The van der Waals surface area contributed by atoms with Crippen LogP contribution in [0.1, 0.15) is 11.5 Å². The van der Waals surface area contributed by atoms with Crippen molar-refractivity contribution >= 4 is 19.9 Å². The summed E-state index contributed by atoms with van der Waals surface area (Å²) in [5.74, 6) is 1.18. The fourth-order valence-corrected chi connectivity index (χ4v) is 5.45. The number of hydrogen-bond acceptors (Lipinski definition) is 6. The molecule has 7 nitrogen and oxygen atoms in total. The van der Waals surface area contributed by atoms with E-state index in [1.165, 1.54) is 28.6 Å². The fraction of sp³-hybridized carbons (Fsp3) is 0.412. The van der Waals surface area contributed by atoms with Crippen LogP contribution in [0.25, 0.3) is 0 Å². The van der Waals surface area contributed by atoms with Gasteiger partial charge < -0.3 is 9.32 Å². The van der Waals surface area contributed by atoms with Crippen molar-refractivity contribution in [2.24, 2.45) is 0 Å². The zero-order valence-corrected chi connectivity index (χ0v) is 17.0. The largest absolute Gasteiger partial charge is 0.465 e. The van der Waals surface area contributed by atoms with Crippen LogP contribution in [0.3, 0.4) is 0 Å². The summed E-state index contributed by atoms with van der Waals surface area (Å²) in [6.07, 6.45) is 1.00. The number of sulfonamides is 1. The Morgan fingerprint density at radius 1 is 0.923 bits per heavy atom. The van der Waals surface area contributed by atoms with Crippen LogP contribution in [0, 0.1) is 6.92 Å². The maximum Gasteiger partial charge on any atom is 0.244 e. The molecule has 9 heteroatoms. The van der Waals surface area contributed by atoms with E-state index in [1.807, 2.05) is 19.0 Å². The molecule has 0 N–H and O–H groups in total. The average molecular weight is 401 g/mol. The standard InChI is InChI=1S/C17H24N2O5S2/c1-14-9-10-15(24-14)13-19(12-11-18(2)3)26(22,23)17-8-6-5-7-16(17)25(4,20)21/h5-10H,11-13H2,1-4H3. The second-order valence-corrected chi connectivity index (χ2v) is 10.3. The van der Waals surface area contributed by atoms with Crippen molar-refractivity contribution in [1.82, 2.24) is 9.21 Å². The zero-order valence-electron chi connectivity index (χ0n) is 15.3. The third-order valence-corrected chi connectivity index (χ3v) is 6.98. The first-order chi connectivity index (χ1) is 12.0. The molecule has 2 rings (SSSR count). The van der Waals surface area contributed by atoms with E-state index in [4.69, 9.17) is 4.42 Å². The van der Waals surface area contributed by atoms with Gasteiger partial charge in [0.25, 0.3) is 0 Å². The van der Waals surface area contributed by atoms with Crippen LogP contribution in [-0.4, -0.2) is 59.5 Å². The maximum absolute atomic E-state index is 13.2. The first-order valence-corrected chi connectivity index (χ1v) is 11.3. The summed E-state index contributed by atoms with van der Waals surface area (Å²) >= 11 is 0. The predicted octanol–water partition coefficient (Wildman–Crippen LogP) is 1.74. The third kappa shape index (κ3) is 4.94. The van der Waals surface area contributed by atoms with Gasteiger partial charge in [0, 0.05) is 19.3 Å². The normalized spacial score (nSPS) is 12.8. The molecule has 1 aromatic heterocycles. The summed E-state index contributed by atoms with van der Waals surface area (Å²) in [7, 11) is -4.04. The topological polar surface area (TPSA) is 87.9 Å². The average Bonchev–Trinajstić information content (AvgIpc) is 2.95. The number of benzene rings is 1. The van der Waals surface area contributed by atoms with Gasteiger partial charge in [-0.15, -0.1) is 0 Å². The number of aryl methyl sites for hydroxylation is 1.